The van der Waals surface area contributed by atoms with Crippen LogP contribution in [0.15, 0.2) is 34.9 Å². The molecule has 0 radical (unpaired) electrons. The molecule has 0 spiro atoms. The number of carbonyl (C=O) groups excluding carboxylic acids is 3. The van der Waals surface area contributed by atoms with Crippen LogP contribution in [0.1, 0.15) is 66.7 Å². The zero-order valence-electron chi connectivity index (χ0n) is 19.7. The van der Waals surface area contributed by atoms with Crippen molar-refractivity contribution in [1.82, 2.24) is 0 Å². The summed E-state index contributed by atoms with van der Waals surface area (Å²) in [5.41, 5.74) is 1.01. The first-order chi connectivity index (χ1) is 14.5. The highest BCUT2D eigenvalue weighted by atomic mass is 16.5. The summed E-state index contributed by atoms with van der Waals surface area (Å²) in [6.07, 6.45) is 8.95. The molecule has 31 heavy (non-hydrogen) atoms. The molecule has 0 aliphatic heterocycles. The van der Waals surface area contributed by atoms with Gasteiger partial charge in [-0.05, 0) is 74.9 Å². The zero-order chi connectivity index (χ0) is 23.2. The Labute approximate surface area is 185 Å². The van der Waals surface area contributed by atoms with Crippen molar-refractivity contribution in [3.8, 4) is 0 Å². The molecule has 170 valence electrons. The quantitative estimate of drug-likeness (QED) is 0.312. The molecule has 0 aromatic carbocycles. The molecule has 3 fully saturated rings. The number of aliphatic hydroxyl groups is 1. The van der Waals surface area contributed by atoms with Gasteiger partial charge in [-0.15, -0.1) is 0 Å². The number of hydrogen-bond donors (Lipinski definition) is 1. The summed E-state index contributed by atoms with van der Waals surface area (Å²) in [5, 5.41) is 10.8. The highest BCUT2D eigenvalue weighted by Gasteiger charge is 2.67. The van der Waals surface area contributed by atoms with Crippen LogP contribution in [0.5, 0.6) is 0 Å². The molecule has 0 aromatic heterocycles. The van der Waals surface area contributed by atoms with Crippen molar-refractivity contribution < 1.29 is 24.2 Å². The van der Waals surface area contributed by atoms with Crippen LogP contribution in [0.4, 0.5) is 0 Å². The molecule has 3 aliphatic carbocycles. The number of hydrogen-bond acceptors (Lipinski definition) is 5. The van der Waals surface area contributed by atoms with Crippen LogP contribution in [-0.4, -0.2) is 36.4 Å². The number of aliphatic hydroxyl groups excluding tert-OH is 1. The SMILES string of the molecule is COC(=O)[C@@]1(C)[C@H](O)CC[C@@]2(C)[C@H]1CC[C@]1(C)/C(=C(C)/C=C/C=C(\C)C=O)C(=O)C[C@@H]21. The number of rotatable bonds is 4. The lowest BCUT2D eigenvalue weighted by atomic mass is 9.42. The number of ketones is 1. The van der Waals surface area contributed by atoms with E-state index in [0.29, 0.717) is 18.4 Å². The number of allylic oxidation sites excluding steroid dienone is 6. The van der Waals surface area contributed by atoms with Crippen LogP contribution in [-0.2, 0) is 19.1 Å². The second-order valence-corrected chi connectivity index (χ2v) is 10.5. The molecule has 3 aliphatic rings. The first-order valence-corrected chi connectivity index (χ1v) is 11.3. The number of ether oxygens (including phenoxy) is 1. The zero-order valence-corrected chi connectivity index (χ0v) is 19.7. The molecule has 3 rings (SSSR count). The fourth-order valence-corrected chi connectivity index (χ4v) is 7.23. The summed E-state index contributed by atoms with van der Waals surface area (Å²) < 4.78 is 5.13. The topological polar surface area (TPSA) is 80.7 Å². The van der Waals surface area contributed by atoms with Crippen molar-refractivity contribution in [2.75, 3.05) is 7.11 Å². The van der Waals surface area contributed by atoms with Crippen LogP contribution in [0.3, 0.4) is 0 Å². The average molecular weight is 429 g/mol. The minimum atomic E-state index is -0.954. The smallest absolute Gasteiger partial charge is 0.314 e. The first kappa shape index (κ1) is 23.6. The van der Waals surface area contributed by atoms with E-state index in [1.165, 1.54) is 7.11 Å². The van der Waals surface area contributed by atoms with E-state index in [4.69, 9.17) is 4.74 Å². The molecule has 0 amide bonds. The molecule has 5 nitrogen and oxygen atoms in total. The van der Waals surface area contributed by atoms with Gasteiger partial charge in [-0.25, -0.2) is 0 Å². The summed E-state index contributed by atoms with van der Waals surface area (Å²) in [5.74, 6) is -0.0849. The maximum Gasteiger partial charge on any atom is 0.314 e. The van der Waals surface area contributed by atoms with Gasteiger partial charge in [-0.1, -0.05) is 32.1 Å². The van der Waals surface area contributed by atoms with Gasteiger partial charge in [0.15, 0.2) is 5.78 Å². The molecule has 0 unspecified atom stereocenters. The van der Waals surface area contributed by atoms with E-state index in [1.807, 2.05) is 26.0 Å². The standard InChI is InChI=1S/C26H36O5/c1-16(15-27)8-7-9-17(2)22-18(28)14-20-24(3)13-11-21(29)26(5,23(30)31-6)19(24)10-12-25(20,22)4/h7-9,15,19-21,29H,10-14H2,1-6H3/b9-7+,16-8+,22-17+/t19-,20+,21-,24+,25+,26-/m1/s1. The second-order valence-electron chi connectivity index (χ2n) is 10.5. The summed E-state index contributed by atoms with van der Waals surface area (Å²) in [7, 11) is 1.38. The van der Waals surface area contributed by atoms with Crippen molar-refractivity contribution in [2.45, 2.75) is 72.8 Å². The summed E-state index contributed by atoms with van der Waals surface area (Å²) in [4.78, 5) is 36.9. The third kappa shape index (κ3) is 3.45. The van der Waals surface area contributed by atoms with E-state index < -0.39 is 11.5 Å². The molecule has 0 saturated heterocycles. The van der Waals surface area contributed by atoms with E-state index in [0.717, 1.165) is 36.7 Å². The lowest BCUT2D eigenvalue weighted by molar-refractivity contribution is -0.196. The van der Waals surface area contributed by atoms with Gasteiger partial charge in [0.2, 0.25) is 0 Å². The average Bonchev–Trinajstić information content (AvgIpc) is 3.01. The minimum absolute atomic E-state index is 0.0320. The van der Waals surface area contributed by atoms with Gasteiger partial charge < -0.3 is 9.84 Å². The Morgan fingerprint density at radius 2 is 1.81 bits per heavy atom. The molecule has 0 aromatic rings. The first-order valence-electron chi connectivity index (χ1n) is 11.3. The summed E-state index contributed by atoms with van der Waals surface area (Å²) in [6.45, 7) is 9.97. The number of fused-ring (bicyclic) bond motifs is 3. The number of methoxy groups -OCH3 is 1. The molecule has 3 saturated carbocycles. The molecule has 6 atom stereocenters. The fourth-order valence-electron chi connectivity index (χ4n) is 7.23. The largest absolute Gasteiger partial charge is 0.469 e. The van der Waals surface area contributed by atoms with Crippen LogP contribution in [0.2, 0.25) is 0 Å². The Morgan fingerprint density at radius 1 is 1.13 bits per heavy atom. The Kier molecular flexibility index (Phi) is 6.22. The highest BCUT2D eigenvalue weighted by molar-refractivity contribution is 6.01. The molecule has 5 heteroatoms. The molecular weight excluding hydrogens is 392 g/mol. The molecule has 0 bridgehead atoms. The monoisotopic (exact) mass is 428 g/mol. The van der Waals surface area contributed by atoms with Gasteiger partial charge in [0.25, 0.3) is 0 Å². The van der Waals surface area contributed by atoms with Gasteiger partial charge in [0, 0.05) is 17.4 Å². The summed E-state index contributed by atoms with van der Waals surface area (Å²) in [6, 6.07) is 0. The predicted octanol–water partition coefficient (Wildman–Crippen LogP) is 4.35. The van der Waals surface area contributed by atoms with E-state index >= 15 is 0 Å². The van der Waals surface area contributed by atoms with Crippen molar-refractivity contribution in [2.24, 2.45) is 28.1 Å². The maximum atomic E-state index is 13.3. The van der Waals surface area contributed by atoms with Crippen molar-refractivity contribution in [3.63, 3.8) is 0 Å². The van der Waals surface area contributed by atoms with Crippen molar-refractivity contribution >= 4 is 18.0 Å². The second kappa shape index (κ2) is 8.16. The Bertz CT molecular complexity index is 880. The van der Waals surface area contributed by atoms with Crippen LogP contribution < -0.4 is 0 Å². The Morgan fingerprint density at radius 3 is 2.42 bits per heavy atom. The van der Waals surface area contributed by atoms with Crippen LogP contribution in [0, 0.1) is 28.1 Å². The number of carbonyl (C=O) groups is 3. The molecule has 1 N–H and O–H groups in total. The number of esters is 1. The van der Waals surface area contributed by atoms with Gasteiger partial charge in [-0.2, -0.15) is 0 Å². The van der Waals surface area contributed by atoms with Gasteiger partial charge in [0.05, 0.1) is 18.6 Å². The molecule has 0 heterocycles. The van der Waals surface area contributed by atoms with Gasteiger partial charge in [0.1, 0.15) is 6.29 Å². The Balaban J connectivity index is 2.04. The summed E-state index contributed by atoms with van der Waals surface area (Å²) >= 11 is 0. The van der Waals surface area contributed by atoms with Crippen LogP contribution >= 0.6 is 0 Å². The van der Waals surface area contributed by atoms with Gasteiger partial charge in [-0.3, -0.25) is 14.4 Å². The van der Waals surface area contributed by atoms with E-state index in [2.05, 4.69) is 13.8 Å². The van der Waals surface area contributed by atoms with Crippen molar-refractivity contribution in [1.29, 1.82) is 0 Å². The Hall–Kier alpha value is -2.01. The van der Waals surface area contributed by atoms with E-state index in [1.54, 1.807) is 13.0 Å². The maximum absolute atomic E-state index is 13.3. The lowest BCUT2D eigenvalue weighted by Gasteiger charge is -2.61. The van der Waals surface area contributed by atoms with Gasteiger partial charge >= 0.3 is 5.97 Å². The van der Waals surface area contributed by atoms with Crippen molar-refractivity contribution in [3.05, 3.63) is 34.9 Å². The third-order valence-electron chi connectivity index (χ3n) is 8.84. The molecular formula is C26H36O5. The fraction of sp³-hybridized carbons (Fsp3) is 0.654. The highest BCUT2D eigenvalue weighted by Crippen LogP contribution is 2.69. The normalized spacial score (nSPS) is 42.2. The predicted molar refractivity (Wildman–Crippen MR) is 119 cm³/mol. The van der Waals surface area contributed by atoms with Crippen LogP contribution in [0.25, 0.3) is 0 Å². The van der Waals surface area contributed by atoms with E-state index in [9.17, 15) is 19.5 Å². The number of aldehydes is 1. The lowest BCUT2D eigenvalue weighted by Crippen LogP contribution is -2.61. The number of Topliss-reactive ketones (excluding diaryl/α,β-unsaturated/α-hetero) is 1. The minimum Gasteiger partial charge on any atom is -0.469 e. The third-order valence-corrected chi connectivity index (χ3v) is 8.84. The van der Waals surface area contributed by atoms with E-state index in [-0.39, 0.29) is 34.4 Å².